The topological polar surface area (TPSA) is 651 Å². The van der Waals surface area contributed by atoms with E-state index in [0.717, 1.165) is 4.90 Å². The second-order valence-electron chi connectivity index (χ2n) is 30.9. The molecule has 0 saturated carbocycles. The number of H-pyrrole nitrogens is 1. The summed E-state index contributed by atoms with van der Waals surface area (Å²) in [6.45, 7) is -1.47. The summed E-state index contributed by atoms with van der Waals surface area (Å²) in [7, 11) is 0. The van der Waals surface area contributed by atoms with Gasteiger partial charge in [0, 0.05) is 92.7 Å². The van der Waals surface area contributed by atoms with E-state index in [1.807, 2.05) is 0 Å². The van der Waals surface area contributed by atoms with E-state index in [4.69, 9.17) is 28.8 Å². The Labute approximate surface area is 753 Å². The highest BCUT2D eigenvalue weighted by atomic mass is 35.5. The van der Waals surface area contributed by atoms with Crippen molar-refractivity contribution in [2.45, 2.75) is 157 Å². The number of unbranched alkanes of at least 4 members (excludes halogenated alkanes) is 2. The number of halogens is 1. The number of nitrogens with one attached hydrogen (secondary N) is 12. The van der Waals surface area contributed by atoms with Crippen LogP contribution in [0.5, 0.6) is 5.75 Å². The zero-order valence-corrected chi connectivity index (χ0v) is 72.9. The van der Waals surface area contributed by atoms with Crippen LogP contribution in [0.25, 0.3) is 10.9 Å². The largest absolute Gasteiger partial charge is 0.508 e. The van der Waals surface area contributed by atoms with Gasteiger partial charge < -0.3 is 116 Å². The lowest BCUT2D eigenvalue weighted by Gasteiger charge is -2.29. The van der Waals surface area contributed by atoms with Crippen molar-refractivity contribution in [2.75, 3.05) is 84.3 Å². The number of para-hydroxylation sites is 1. The number of phenols is 1. The Bertz CT molecular complexity index is 4740. The molecule has 1 heterocycles. The molecule has 0 unspecified atom stereocenters. The van der Waals surface area contributed by atoms with Gasteiger partial charge in [0.05, 0.1) is 57.5 Å². The van der Waals surface area contributed by atoms with Crippen LogP contribution >= 0.6 is 24.2 Å². The number of benzene rings is 5. The number of rotatable bonds is 59. The summed E-state index contributed by atoms with van der Waals surface area (Å²) < 4.78 is 0. The molecule has 0 aliphatic heterocycles. The van der Waals surface area contributed by atoms with Gasteiger partial charge in [0.1, 0.15) is 60.1 Å². The minimum Gasteiger partial charge on any atom is -0.508 e. The molecule has 0 radical (unpaired) electrons. The van der Waals surface area contributed by atoms with Crippen LogP contribution < -0.4 is 75.7 Å². The van der Waals surface area contributed by atoms with Crippen molar-refractivity contribution in [1.29, 1.82) is 0 Å². The number of aromatic hydroxyl groups is 1. The molecule has 5 aromatic carbocycles. The number of aliphatic hydroxyl groups excluding tert-OH is 2. The van der Waals surface area contributed by atoms with Crippen molar-refractivity contribution in [1.82, 2.24) is 78.2 Å². The third-order valence-electron chi connectivity index (χ3n) is 20.4. The maximum absolute atomic E-state index is 15.5. The Morgan fingerprint density at radius 3 is 1.29 bits per heavy atom. The van der Waals surface area contributed by atoms with Gasteiger partial charge in [-0.1, -0.05) is 115 Å². The van der Waals surface area contributed by atoms with Crippen molar-refractivity contribution < 1.29 is 112 Å². The average molecular weight is 1840 g/mol. The van der Waals surface area contributed by atoms with Crippen LogP contribution in [0.15, 0.2) is 140 Å². The highest BCUT2D eigenvalue weighted by molar-refractivity contribution is 7.80. The number of amides is 12. The molecular weight excluding hydrogens is 1720 g/mol. The van der Waals surface area contributed by atoms with Crippen molar-refractivity contribution >= 4 is 130 Å². The number of carbonyl (C=O) groups is 16. The van der Waals surface area contributed by atoms with Crippen molar-refractivity contribution in [3.05, 3.63) is 172 Å². The molecule has 0 aliphatic rings. The SMILES string of the molecule is C[C@@H](O)[C@H](NC(=O)[C@H](Cc1ccccc1)NC(=O)[C@@H](NC(=O)[C@H](CCCCN)NC(=O)[C@@H](Cc1c[nH]c2ccccc12)NC(=O)[C@H](Cc1ccc(O)cc1)NC(=O)[C@H](Cc1ccc(Cl)cc1)NC(=O)[C@@H](Cc1ccccc1)NC(=O)[C@H](CS)NC(=O)CNC(=O)[C@@H](N)CCCCNC(=O)CN(CCN(CCN(CC(=O)O)CC(=O)O)CC(=O)O)CC(=O)O)[C@@H](C)O)C(N)=O. The number of carboxylic acids is 4. The number of aliphatic hydroxyl groups is 2. The van der Waals surface area contributed by atoms with Gasteiger partial charge in [0.25, 0.3) is 0 Å². The first-order chi connectivity index (χ1) is 61.4. The fourth-order valence-corrected chi connectivity index (χ4v) is 14.0. The number of fused-ring (bicyclic) bond motifs is 1. The van der Waals surface area contributed by atoms with E-state index in [1.54, 1.807) is 103 Å². The molecule has 0 aliphatic carbocycles. The third-order valence-corrected chi connectivity index (χ3v) is 21.0. The highest BCUT2D eigenvalue weighted by Crippen LogP contribution is 2.22. The standard InChI is InChI=1S/C86H115ClN18O23S/c1-50(106)75(77(90)119)101-84(126)66(38-53-17-7-4-8-18-53)100-86(128)76(51(2)107)102-79(121)62(22-11-13-31-88)95-83(125)67(41-56-42-92-61-21-10-9-19-59(56)61)99-82(124)65(40-55-25-29-58(108)30-26-55)97-81(123)64(39-54-23-27-57(87)28-24-54)96-80(122)63(37-52-15-5-3-6-16-52)98-85(127)68(49-129)94-69(109)43-93-78(120)60(89)20-12-14-32-91-70(110)44-104(46-72(113)114)35-33-103(45-71(111)112)34-36-105(47-73(115)116)48-74(117)118/h3-10,15-19,21,23-30,42,50-51,60,62-68,75-76,92,106-108,129H,11-14,20,22,31-41,43-49,88-89H2,1-2H3,(H2,90,119)(H,91,110)(H,93,120)(H,94,109)(H,95,125)(H,96,122)(H,97,123)(H,98,127)(H,99,124)(H,100,128)(H,101,126)(H,102,121)(H,111,112)(H,113,114)(H,115,116)(H,117,118)/t50-,51-,60+,62+,63-,64+,65+,66+,67-,68+,75+,76+/m1/s1. The molecule has 43 heteroatoms. The summed E-state index contributed by atoms with van der Waals surface area (Å²) in [4.78, 5) is 223. The van der Waals surface area contributed by atoms with Gasteiger partial charge in [0.2, 0.25) is 70.9 Å². The van der Waals surface area contributed by atoms with Gasteiger partial charge in [0.15, 0.2) is 0 Å². The van der Waals surface area contributed by atoms with Crippen LogP contribution in [-0.2, 0) is 109 Å². The third kappa shape index (κ3) is 38.0. The van der Waals surface area contributed by atoms with E-state index < -0.39 is 207 Å². The van der Waals surface area contributed by atoms with E-state index in [0.29, 0.717) is 50.2 Å². The Kier molecular flexibility index (Phi) is 44.4. The fraction of sp³-hybridized carbons (Fsp3) is 0.442. The predicted octanol–water partition coefficient (Wildman–Crippen LogP) is -3.32. The lowest BCUT2D eigenvalue weighted by molar-refractivity contribution is -0.143. The molecule has 0 spiro atoms. The molecule has 25 N–H and O–H groups in total. The van der Waals surface area contributed by atoms with E-state index in [1.165, 1.54) is 60.0 Å². The number of nitrogens with two attached hydrogens (primary N) is 3. The van der Waals surface area contributed by atoms with Crippen LogP contribution in [0, 0.1) is 0 Å². The predicted molar refractivity (Wildman–Crippen MR) is 474 cm³/mol. The number of aromatic amines is 1. The number of hydrogen-bond donors (Lipinski definition) is 23. The zero-order valence-electron chi connectivity index (χ0n) is 71.2. The van der Waals surface area contributed by atoms with Crippen LogP contribution in [0.4, 0.5) is 0 Å². The van der Waals surface area contributed by atoms with Crippen molar-refractivity contribution in [3.63, 3.8) is 0 Å². The monoisotopic (exact) mass is 1830 g/mol. The summed E-state index contributed by atoms with van der Waals surface area (Å²) in [5.41, 5.74) is 20.5. The number of nitrogens with zero attached hydrogens (tertiary/aromatic N) is 3. The number of aromatic nitrogens is 1. The molecule has 1 aromatic heterocycles. The first kappa shape index (κ1) is 105. The number of phenolic OH excluding ortho intramolecular Hbond substituents is 1. The Hall–Kier alpha value is -12.7. The van der Waals surface area contributed by atoms with Gasteiger partial charge >= 0.3 is 23.9 Å². The quantitative estimate of drug-likeness (QED) is 0.0131. The number of hydrogen-bond acceptors (Lipinski definition) is 25. The van der Waals surface area contributed by atoms with Gasteiger partial charge in [-0.05, 0) is 117 Å². The van der Waals surface area contributed by atoms with Crippen LogP contribution in [0.1, 0.15) is 80.2 Å². The van der Waals surface area contributed by atoms with Crippen LogP contribution in [0.2, 0.25) is 5.02 Å². The minimum atomic E-state index is -1.82. The molecule has 6 aromatic rings. The molecule has 0 saturated heterocycles. The highest BCUT2D eigenvalue weighted by Gasteiger charge is 2.38. The maximum Gasteiger partial charge on any atom is 0.317 e. The van der Waals surface area contributed by atoms with E-state index >= 15 is 19.2 Å². The zero-order chi connectivity index (χ0) is 94.8. The number of aliphatic carboxylic acids is 4. The molecular formula is C86H115ClN18O23S. The Morgan fingerprint density at radius 1 is 0.419 bits per heavy atom. The minimum absolute atomic E-state index is 0.0502. The average Bonchev–Trinajstić information content (AvgIpc) is 1.68. The van der Waals surface area contributed by atoms with E-state index in [-0.39, 0.29) is 115 Å². The van der Waals surface area contributed by atoms with E-state index in [9.17, 15) is 93.3 Å². The van der Waals surface area contributed by atoms with Gasteiger partial charge in [-0.25, -0.2) is 0 Å². The molecule has 12 atom stereocenters. The van der Waals surface area contributed by atoms with E-state index in [2.05, 4.69) is 76.1 Å². The second-order valence-corrected chi connectivity index (χ2v) is 31.7. The molecule has 700 valence electrons. The Balaban J connectivity index is 1.18. The summed E-state index contributed by atoms with van der Waals surface area (Å²) >= 11 is 10.6. The number of thiol groups is 1. The lowest BCUT2D eigenvalue weighted by atomic mass is 9.99. The summed E-state index contributed by atoms with van der Waals surface area (Å²) in [6, 6.07) is 20.1. The van der Waals surface area contributed by atoms with Crippen LogP contribution in [0.3, 0.4) is 0 Å². The first-order valence-electron chi connectivity index (χ1n) is 41.6. The molecule has 0 bridgehead atoms. The van der Waals surface area contributed by atoms with Gasteiger partial charge in [-0.15, -0.1) is 0 Å². The summed E-state index contributed by atoms with van der Waals surface area (Å²) in [5.74, 6) is -16.9. The summed E-state index contributed by atoms with van der Waals surface area (Å²) in [6.07, 6.45) is -1.85. The maximum atomic E-state index is 15.5. The molecule has 6 rings (SSSR count). The van der Waals surface area contributed by atoms with Crippen LogP contribution in [-0.4, -0.2) is 307 Å². The van der Waals surface area contributed by atoms with Crippen molar-refractivity contribution in [3.8, 4) is 5.75 Å². The molecule has 41 nitrogen and oxygen atoms in total. The number of carbonyl (C=O) groups excluding carboxylic acids is 12. The molecule has 129 heavy (non-hydrogen) atoms. The number of primary amides is 1. The van der Waals surface area contributed by atoms with Gasteiger partial charge in [-0.3, -0.25) is 91.4 Å². The number of carboxylic acid groups (broad SMARTS) is 4. The van der Waals surface area contributed by atoms with Crippen molar-refractivity contribution in [2.24, 2.45) is 17.2 Å². The normalized spacial score (nSPS) is 14.1. The molecule has 0 fully saturated rings. The second kappa shape index (κ2) is 54.5. The fourth-order valence-electron chi connectivity index (χ4n) is 13.6. The lowest BCUT2D eigenvalue weighted by Crippen LogP contribution is -2.62. The first-order valence-corrected chi connectivity index (χ1v) is 42.6. The smallest absolute Gasteiger partial charge is 0.317 e. The Morgan fingerprint density at radius 2 is 0.814 bits per heavy atom. The summed E-state index contributed by atoms with van der Waals surface area (Å²) in [5, 5.41) is 98.8. The van der Waals surface area contributed by atoms with Gasteiger partial charge in [-0.2, -0.15) is 12.6 Å². The molecule has 12 amide bonds.